The molecular formula is C22H14ClF7O. The van der Waals surface area contributed by atoms with Gasteiger partial charge in [0.15, 0.2) is 29.1 Å². The van der Waals surface area contributed by atoms with Crippen molar-refractivity contribution in [3.05, 3.63) is 93.5 Å². The summed E-state index contributed by atoms with van der Waals surface area (Å²) in [6, 6.07) is 4.53. The van der Waals surface area contributed by atoms with Gasteiger partial charge in [0.05, 0.1) is 10.6 Å². The van der Waals surface area contributed by atoms with Crippen molar-refractivity contribution in [2.24, 2.45) is 0 Å². The Labute approximate surface area is 178 Å². The fraction of sp³-hybridized carbons (Fsp3) is 0.136. The lowest BCUT2D eigenvalue weighted by atomic mass is 10.0. The molecule has 31 heavy (non-hydrogen) atoms. The van der Waals surface area contributed by atoms with Crippen LogP contribution >= 0.6 is 11.6 Å². The molecule has 3 rings (SSSR count). The summed E-state index contributed by atoms with van der Waals surface area (Å²) in [5.41, 5.74) is -0.392. The standard InChI is InChI=1S/C13H5F5O.C9H9ClF2/c14-9-3-6(13(18)19)1-2-8(9)7-4-10(15)12(17)11(16)5-7;1-2-3-6-4-5-7(11)9(12)8(6)10/h1-5H;4-5H,2-3H2,1H3. The van der Waals surface area contributed by atoms with Crippen molar-refractivity contribution < 1.29 is 35.5 Å². The minimum absolute atomic E-state index is 0.0862. The summed E-state index contributed by atoms with van der Waals surface area (Å²) in [6.07, 6.45) is 1.54. The van der Waals surface area contributed by atoms with Crippen molar-refractivity contribution in [2.45, 2.75) is 19.8 Å². The molecule has 0 amide bonds. The number of halogens is 8. The van der Waals surface area contributed by atoms with Crippen LogP contribution in [0, 0.1) is 34.9 Å². The van der Waals surface area contributed by atoms with Gasteiger partial charge in [0.25, 0.3) is 0 Å². The van der Waals surface area contributed by atoms with Crippen LogP contribution in [-0.4, -0.2) is 6.04 Å². The molecule has 0 fully saturated rings. The lowest BCUT2D eigenvalue weighted by Crippen LogP contribution is -1.96. The van der Waals surface area contributed by atoms with E-state index in [-0.39, 0.29) is 16.1 Å². The molecule has 0 saturated carbocycles. The molecular weight excluding hydrogens is 449 g/mol. The normalized spacial score (nSPS) is 10.5. The van der Waals surface area contributed by atoms with Crippen molar-refractivity contribution in [3.63, 3.8) is 0 Å². The predicted octanol–water partition coefficient (Wildman–Crippen LogP) is 7.59. The Bertz CT molecular complexity index is 1090. The topological polar surface area (TPSA) is 17.1 Å². The van der Waals surface area contributed by atoms with Gasteiger partial charge in [-0.15, -0.1) is 0 Å². The van der Waals surface area contributed by atoms with Crippen LogP contribution in [0.15, 0.2) is 42.5 Å². The number of carbonyl (C=O) groups is 1. The SMILES string of the molecule is CCCc1ccc(F)c(F)c1Cl.O=C(F)c1ccc(-c2cc(F)c(F)c(F)c2)c(F)c1. The minimum Gasteiger partial charge on any atom is -0.255 e. The smallest absolute Gasteiger partial charge is 0.255 e. The molecule has 3 aromatic carbocycles. The third-order valence-electron chi connectivity index (χ3n) is 4.13. The summed E-state index contributed by atoms with van der Waals surface area (Å²) in [5.74, 6) is -7.49. The van der Waals surface area contributed by atoms with E-state index >= 15 is 0 Å². The zero-order valence-electron chi connectivity index (χ0n) is 15.9. The summed E-state index contributed by atoms with van der Waals surface area (Å²) in [4.78, 5) is 10.4. The van der Waals surface area contributed by atoms with Gasteiger partial charge in [0.2, 0.25) is 0 Å². The summed E-state index contributed by atoms with van der Waals surface area (Å²) in [5, 5.41) is -0.0862. The van der Waals surface area contributed by atoms with E-state index in [1.807, 2.05) is 6.92 Å². The van der Waals surface area contributed by atoms with Crippen LogP contribution in [0.5, 0.6) is 0 Å². The molecule has 164 valence electrons. The molecule has 0 heterocycles. The van der Waals surface area contributed by atoms with Gasteiger partial charge in [-0.2, -0.15) is 4.39 Å². The van der Waals surface area contributed by atoms with Gasteiger partial charge in [0.1, 0.15) is 5.82 Å². The molecule has 0 bridgehead atoms. The van der Waals surface area contributed by atoms with E-state index in [1.54, 1.807) is 0 Å². The first-order chi connectivity index (χ1) is 14.6. The van der Waals surface area contributed by atoms with Crippen molar-refractivity contribution in [3.8, 4) is 11.1 Å². The van der Waals surface area contributed by atoms with Crippen LogP contribution in [0.1, 0.15) is 29.3 Å². The van der Waals surface area contributed by atoms with Gasteiger partial charge in [-0.05, 0) is 47.9 Å². The molecule has 3 aromatic rings. The molecule has 0 aliphatic rings. The third-order valence-corrected chi connectivity index (χ3v) is 4.53. The van der Waals surface area contributed by atoms with Gasteiger partial charge in [-0.3, -0.25) is 4.79 Å². The summed E-state index contributed by atoms with van der Waals surface area (Å²) in [7, 11) is 0. The maximum atomic E-state index is 13.6. The summed E-state index contributed by atoms with van der Waals surface area (Å²) >= 11 is 5.56. The van der Waals surface area contributed by atoms with Crippen LogP contribution in [0.4, 0.5) is 30.7 Å². The van der Waals surface area contributed by atoms with E-state index in [9.17, 15) is 35.5 Å². The Morgan fingerprint density at radius 3 is 1.94 bits per heavy atom. The van der Waals surface area contributed by atoms with Crippen molar-refractivity contribution in [2.75, 3.05) is 0 Å². The van der Waals surface area contributed by atoms with E-state index in [2.05, 4.69) is 0 Å². The number of hydrogen-bond acceptors (Lipinski definition) is 1. The Kier molecular flexibility index (Phi) is 8.21. The monoisotopic (exact) mass is 462 g/mol. The van der Waals surface area contributed by atoms with E-state index in [0.29, 0.717) is 30.2 Å². The van der Waals surface area contributed by atoms with E-state index in [0.717, 1.165) is 24.6 Å². The highest BCUT2D eigenvalue weighted by Crippen LogP contribution is 2.27. The molecule has 0 spiro atoms. The summed E-state index contributed by atoms with van der Waals surface area (Å²) < 4.78 is 90.1. The number of carbonyl (C=O) groups excluding carboxylic acids is 1. The van der Waals surface area contributed by atoms with Crippen molar-refractivity contribution in [1.82, 2.24) is 0 Å². The van der Waals surface area contributed by atoms with Crippen molar-refractivity contribution >= 4 is 17.6 Å². The second-order valence-corrected chi connectivity index (χ2v) is 6.68. The molecule has 0 unspecified atom stereocenters. The zero-order chi connectivity index (χ0) is 23.3. The number of aryl methyl sites for hydroxylation is 1. The Balaban J connectivity index is 0.000000245. The first-order valence-electron chi connectivity index (χ1n) is 8.83. The molecule has 0 N–H and O–H groups in total. The van der Waals surface area contributed by atoms with E-state index in [4.69, 9.17) is 11.6 Å². The molecule has 0 aliphatic heterocycles. The molecule has 0 atom stereocenters. The van der Waals surface area contributed by atoms with Gasteiger partial charge in [-0.1, -0.05) is 37.1 Å². The maximum Gasteiger partial charge on any atom is 0.332 e. The van der Waals surface area contributed by atoms with Crippen LogP contribution in [0.3, 0.4) is 0 Å². The number of rotatable bonds is 4. The van der Waals surface area contributed by atoms with Crippen LogP contribution in [-0.2, 0) is 6.42 Å². The maximum absolute atomic E-state index is 13.6. The van der Waals surface area contributed by atoms with Crippen LogP contribution in [0.25, 0.3) is 11.1 Å². The third kappa shape index (κ3) is 5.85. The molecule has 0 radical (unpaired) electrons. The second kappa shape index (κ2) is 10.4. The van der Waals surface area contributed by atoms with E-state index in [1.165, 1.54) is 6.07 Å². The predicted molar refractivity (Wildman–Crippen MR) is 103 cm³/mol. The largest absolute Gasteiger partial charge is 0.332 e. The van der Waals surface area contributed by atoms with Gasteiger partial charge < -0.3 is 0 Å². The zero-order valence-corrected chi connectivity index (χ0v) is 16.6. The molecule has 0 saturated heterocycles. The fourth-order valence-electron chi connectivity index (χ4n) is 2.61. The highest BCUT2D eigenvalue weighted by atomic mass is 35.5. The Hall–Kier alpha value is -2.87. The van der Waals surface area contributed by atoms with Gasteiger partial charge >= 0.3 is 6.04 Å². The van der Waals surface area contributed by atoms with E-state index < -0.39 is 46.5 Å². The fourth-order valence-corrected chi connectivity index (χ4v) is 2.86. The highest BCUT2D eigenvalue weighted by molar-refractivity contribution is 6.31. The Morgan fingerprint density at radius 2 is 1.42 bits per heavy atom. The van der Waals surface area contributed by atoms with Crippen LogP contribution in [0.2, 0.25) is 5.02 Å². The second-order valence-electron chi connectivity index (χ2n) is 6.31. The first-order valence-corrected chi connectivity index (χ1v) is 9.21. The quantitative estimate of drug-likeness (QED) is 0.222. The molecule has 1 nitrogen and oxygen atoms in total. The molecule has 0 aromatic heterocycles. The van der Waals surface area contributed by atoms with Gasteiger partial charge in [-0.25, -0.2) is 26.3 Å². The van der Waals surface area contributed by atoms with Gasteiger partial charge in [0, 0.05) is 5.56 Å². The average molecular weight is 463 g/mol. The molecule has 9 heteroatoms. The minimum atomic E-state index is -1.83. The molecule has 0 aliphatic carbocycles. The highest BCUT2D eigenvalue weighted by Gasteiger charge is 2.15. The number of benzene rings is 3. The summed E-state index contributed by atoms with van der Waals surface area (Å²) in [6.45, 7) is 1.96. The first kappa shape index (κ1) is 24.4. The lowest BCUT2D eigenvalue weighted by molar-refractivity contribution is 0.0835. The van der Waals surface area contributed by atoms with Crippen LogP contribution < -0.4 is 0 Å². The average Bonchev–Trinajstić information content (AvgIpc) is 2.72. The Morgan fingerprint density at radius 1 is 0.806 bits per heavy atom. The van der Waals surface area contributed by atoms with Crippen molar-refractivity contribution in [1.29, 1.82) is 0 Å². The number of hydrogen-bond donors (Lipinski definition) is 0. The lowest BCUT2D eigenvalue weighted by Gasteiger charge is -2.06.